The molecule has 2 rings (SSSR count). The lowest BCUT2D eigenvalue weighted by Crippen LogP contribution is -2.29. The Morgan fingerprint density at radius 3 is 2.68 bits per heavy atom. The van der Waals surface area contributed by atoms with Crippen LogP contribution < -0.4 is 11.3 Å². The summed E-state index contributed by atoms with van der Waals surface area (Å²) in [6.07, 6.45) is 6.11. The first-order valence-electron chi connectivity index (χ1n) is 6.80. The molecule has 1 aromatic heterocycles. The largest absolute Gasteiger partial charge is 0.271 e. The molecule has 102 valence electrons. The Labute approximate surface area is 114 Å². The van der Waals surface area contributed by atoms with Crippen LogP contribution in [0.5, 0.6) is 0 Å². The molecule has 2 aromatic rings. The quantitative estimate of drug-likeness (QED) is 0.619. The van der Waals surface area contributed by atoms with Crippen LogP contribution in [0.15, 0.2) is 42.7 Å². The molecule has 0 radical (unpaired) electrons. The lowest BCUT2D eigenvalue weighted by Gasteiger charge is -2.17. The number of nitrogens with two attached hydrogens (primary N) is 1. The van der Waals surface area contributed by atoms with Crippen molar-refractivity contribution in [1.29, 1.82) is 0 Å². The SMILES string of the molecule is CCC(C)CC(NN)c1cnn(-c2ccccc2)c1. The Morgan fingerprint density at radius 1 is 1.32 bits per heavy atom. The maximum atomic E-state index is 5.67. The van der Waals surface area contributed by atoms with Crippen molar-refractivity contribution in [1.82, 2.24) is 15.2 Å². The molecule has 4 heteroatoms. The molecule has 19 heavy (non-hydrogen) atoms. The zero-order valence-corrected chi connectivity index (χ0v) is 11.6. The molecule has 2 unspecified atom stereocenters. The van der Waals surface area contributed by atoms with Gasteiger partial charge in [-0.3, -0.25) is 11.3 Å². The molecule has 0 aliphatic heterocycles. The zero-order valence-electron chi connectivity index (χ0n) is 11.6. The summed E-state index contributed by atoms with van der Waals surface area (Å²) >= 11 is 0. The Hall–Kier alpha value is -1.65. The Balaban J connectivity index is 2.15. The van der Waals surface area contributed by atoms with E-state index in [-0.39, 0.29) is 6.04 Å². The third-order valence-corrected chi connectivity index (χ3v) is 3.56. The van der Waals surface area contributed by atoms with Crippen molar-refractivity contribution >= 4 is 0 Å². The summed E-state index contributed by atoms with van der Waals surface area (Å²) in [6.45, 7) is 4.44. The van der Waals surface area contributed by atoms with Crippen LogP contribution in [0, 0.1) is 5.92 Å². The highest BCUT2D eigenvalue weighted by Crippen LogP contribution is 2.22. The van der Waals surface area contributed by atoms with Crippen LogP contribution in [-0.2, 0) is 0 Å². The molecule has 0 saturated carbocycles. The van der Waals surface area contributed by atoms with Crippen LogP contribution in [0.2, 0.25) is 0 Å². The van der Waals surface area contributed by atoms with Crippen molar-refractivity contribution in [2.24, 2.45) is 11.8 Å². The van der Waals surface area contributed by atoms with Crippen molar-refractivity contribution < 1.29 is 0 Å². The van der Waals surface area contributed by atoms with Crippen LogP contribution in [0.4, 0.5) is 0 Å². The van der Waals surface area contributed by atoms with E-state index in [4.69, 9.17) is 5.84 Å². The molecule has 0 amide bonds. The third-order valence-electron chi connectivity index (χ3n) is 3.56. The van der Waals surface area contributed by atoms with E-state index in [0.717, 1.165) is 24.1 Å². The molecule has 0 saturated heterocycles. The number of rotatable bonds is 6. The average molecular weight is 258 g/mol. The van der Waals surface area contributed by atoms with Crippen LogP contribution in [-0.4, -0.2) is 9.78 Å². The van der Waals surface area contributed by atoms with E-state index in [0.29, 0.717) is 5.92 Å². The van der Waals surface area contributed by atoms with Gasteiger partial charge < -0.3 is 0 Å². The highest BCUT2D eigenvalue weighted by atomic mass is 15.3. The number of nitrogens with one attached hydrogen (secondary N) is 1. The smallest absolute Gasteiger partial charge is 0.0645 e. The highest BCUT2D eigenvalue weighted by molar-refractivity contribution is 5.31. The first-order chi connectivity index (χ1) is 9.24. The predicted molar refractivity (Wildman–Crippen MR) is 77.7 cm³/mol. The van der Waals surface area contributed by atoms with Crippen molar-refractivity contribution in [3.8, 4) is 5.69 Å². The van der Waals surface area contributed by atoms with E-state index in [1.165, 1.54) is 0 Å². The molecule has 0 bridgehead atoms. The van der Waals surface area contributed by atoms with E-state index >= 15 is 0 Å². The van der Waals surface area contributed by atoms with E-state index in [1.54, 1.807) is 0 Å². The predicted octanol–water partition coefficient (Wildman–Crippen LogP) is 2.81. The van der Waals surface area contributed by atoms with Gasteiger partial charge in [0, 0.05) is 17.8 Å². The number of para-hydroxylation sites is 1. The van der Waals surface area contributed by atoms with Crippen molar-refractivity contribution in [3.05, 3.63) is 48.3 Å². The minimum Gasteiger partial charge on any atom is -0.271 e. The third kappa shape index (κ3) is 3.43. The van der Waals surface area contributed by atoms with E-state index in [1.807, 2.05) is 47.4 Å². The second-order valence-corrected chi connectivity index (χ2v) is 5.02. The first-order valence-corrected chi connectivity index (χ1v) is 6.80. The number of hydrazine groups is 1. The Kier molecular flexibility index (Phi) is 4.71. The molecule has 0 spiro atoms. The molecule has 1 aromatic carbocycles. The molecule has 1 heterocycles. The number of benzene rings is 1. The minimum absolute atomic E-state index is 0.160. The van der Waals surface area contributed by atoms with Gasteiger partial charge >= 0.3 is 0 Å². The van der Waals surface area contributed by atoms with Gasteiger partial charge in [0.25, 0.3) is 0 Å². The maximum absolute atomic E-state index is 5.67. The summed E-state index contributed by atoms with van der Waals surface area (Å²) in [5.41, 5.74) is 5.09. The lowest BCUT2D eigenvalue weighted by molar-refractivity contribution is 0.408. The molecule has 3 N–H and O–H groups in total. The number of nitrogens with zero attached hydrogens (tertiary/aromatic N) is 2. The molecular weight excluding hydrogens is 236 g/mol. The summed E-state index contributed by atoms with van der Waals surface area (Å²) in [6, 6.07) is 10.3. The lowest BCUT2D eigenvalue weighted by atomic mass is 9.96. The van der Waals surface area contributed by atoms with Gasteiger partial charge in [0.15, 0.2) is 0 Å². The minimum atomic E-state index is 0.160. The second-order valence-electron chi connectivity index (χ2n) is 5.02. The van der Waals surface area contributed by atoms with Gasteiger partial charge in [-0.2, -0.15) is 5.10 Å². The highest BCUT2D eigenvalue weighted by Gasteiger charge is 2.15. The molecule has 0 fully saturated rings. The van der Waals surface area contributed by atoms with Gasteiger partial charge in [0.05, 0.1) is 11.9 Å². The van der Waals surface area contributed by atoms with Gasteiger partial charge in [-0.25, -0.2) is 4.68 Å². The fraction of sp³-hybridized carbons (Fsp3) is 0.400. The molecule has 0 aliphatic carbocycles. The topological polar surface area (TPSA) is 55.9 Å². The van der Waals surface area contributed by atoms with Crippen molar-refractivity contribution in [2.45, 2.75) is 32.7 Å². The fourth-order valence-electron chi connectivity index (χ4n) is 2.11. The van der Waals surface area contributed by atoms with E-state index < -0.39 is 0 Å². The molecule has 2 atom stereocenters. The normalized spacial score (nSPS) is 14.3. The summed E-state index contributed by atoms with van der Waals surface area (Å²) < 4.78 is 1.89. The number of aromatic nitrogens is 2. The van der Waals surface area contributed by atoms with Crippen LogP contribution in [0.25, 0.3) is 5.69 Å². The maximum Gasteiger partial charge on any atom is 0.0645 e. The fourth-order valence-corrected chi connectivity index (χ4v) is 2.11. The average Bonchev–Trinajstić information content (AvgIpc) is 2.95. The second kappa shape index (κ2) is 6.50. The van der Waals surface area contributed by atoms with Crippen LogP contribution in [0.3, 0.4) is 0 Å². The Bertz CT molecular complexity index is 492. The van der Waals surface area contributed by atoms with Gasteiger partial charge in [-0.15, -0.1) is 0 Å². The summed E-state index contributed by atoms with van der Waals surface area (Å²) in [4.78, 5) is 0. The summed E-state index contributed by atoms with van der Waals surface area (Å²) in [5.74, 6) is 6.31. The van der Waals surface area contributed by atoms with E-state index in [2.05, 4.69) is 24.4 Å². The van der Waals surface area contributed by atoms with Gasteiger partial charge in [0.2, 0.25) is 0 Å². The molecule has 4 nitrogen and oxygen atoms in total. The van der Waals surface area contributed by atoms with Gasteiger partial charge in [0.1, 0.15) is 0 Å². The van der Waals surface area contributed by atoms with Crippen molar-refractivity contribution in [2.75, 3.05) is 0 Å². The van der Waals surface area contributed by atoms with Gasteiger partial charge in [-0.05, 0) is 24.5 Å². The number of hydrogen-bond acceptors (Lipinski definition) is 3. The molecule has 0 aliphatic rings. The summed E-state index contributed by atoms with van der Waals surface area (Å²) in [7, 11) is 0. The zero-order chi connectivity index (χ0) is 13.7. The number of hydrogen-bond donors (Lipinski definition) is 2. The van der Waals surface area contributed by atoms with Gasteiger partial charge in [-0.1, -0.05) is 38.5 Å². The van der Waals surface area contributed by atoms with Crippen molar-refractivity contribution in [3.63, 3.8) is 0 Å². The first kappa shape index (κ1) is 13.8. The molecular formula is C15H22N4. The Morgan fingerprint density at radius 2 is 2.05 bits per heavy atom. The summed E-state index contributed by atoms with van der Waals surface area (Å²) in [5, 5.41) is 4.41. The van der Waals surface area contributed by atoms with E-state index in [9.17, 15) is 0 Å². The monoisotopic (exact) mass is 258 g/mol. The van der Waals surface area contributed by atoms with Crippen LogP contribution in [0.1, 0.15) is 38.3 Å². The standard InChI is InChI=1S/C15H22N4/c1-3-12(2)9-15(18-16)13-10-17-19(11-13)14-7-5-4-6-8-14/h4-8,10-12,15,18H,3,9,16H2,1-2H3. The van der Waals surface area contributed by atoms with Crippen LogP contribution >= 0.6 is 0 Å².